The van der Waals surface area contributed by atoms with Gasteiger partial charge in [0, 0.05) is 13.0 Å². The smallest absolute Gasteiger partial charge is 0.341 e. The van der Waals surface area contributed by atoms with Gasteiger partial charge >= 0.3 is 5.97 Å². The Morgan fingerprint density at radius 2 is 2.05 bits per heavy atom. The van der Waals surface area contributed by atoms with Gasteiger partial charge in [-0.2, -0.15) is 0 Å². The number of nitrogens with one attached hydrogen (secondary N) is 1. The Morgan fingerprint density at radius 3 is 2.77 bits per heavy atom. The van der Waals surface area contributed by atoms with Gasteiger partial charge in [0.1, 0.15) is 5.75 Å². The fraction of sp³-hybridized carbons (Fsp3) is 0.294. The van der Waals surface area contributed by atoms with Crippen LogP contribution in [-0.4, -0.2) is 30.1 Å². The maximum Gasteiger partial charge on any atom is 0.341 e. The first kappa shape index (κ1) is 15.8. The van der Waals surface area contributed by atoms with Crippen molar-refractivity contribution in [3.05, 3.63) is 42.0 Å². The van der Waals surface area contributed by atoms with E-state index in [1.54, 1.807) is 6.07 Å². The van der Waals surface area contributed by atoms with Crippen LogP contribution in [0.15, 0.2) is 36.4 Å². The van der Waals surface area contributed by atoms with Crippen LogP contribution in [0.1, 0.15) is 18.9 Å². The normalized spacial score (nSPS) is 10.4. The first-order chi connectivity index (χ1) is 10.6. The summed E-state index contributed by atoms with van der Waals surface area (Å²) in [5.41, 5.74) is 1.09. The van der Waals surface area contributed by atoms with E-state index in [9.17, 15) is 9.59 Å². The number of carboxylic acid groups (broad SMARTS) is 1. The van der Waals surface area contributed by atoms with Crippen molar-refractivity contribution in [2.75, 3.05) is 13.2 Å². The topological polar surface area (TPSA) is 75.6 Å². The average molecular weight is 301 g/mol. The molecule has 0 aromatic heterocycles. The summed E-state index contributed by atoms with van der Waals surface area (Å²) in [5.74, 6) is -0.443. The number of hydrogen-bond acceptors (Lipinski definition) is 3. The van der Waals surface area contributed by atoms with Crippen molar-refractivity contribution in [2.24, 2.45) is 0 Å². The second kappa shape index (κ2) is 7.45. The molecular weight excluding hydrogens is 282 g/mol. The van der Waals surface area contributed by atoms with Crippen LogP contribution in [0.2, 0.25) is 0 Å². The first-order valence-electron chi connectivity index (χ1n) is 7.23. The Labute approximate surface area is 128 Å². The lowest BCUT2D eigenvalue weighted by atomic mass is 10.0. The Hall–Kier alpha value is -2.56. The van der Waals surface area contributed by atoms with Gasteiger partial charge in [-0.15, -0.1) is 0 Å². The summed E-state index contributed by atoms with van der Waals surface area (Å²) in [7, 11) is 0. The van der Waals surface area contributed by atoms with Gasteiger partial charge in [0.25, 0.3) is 0 Å². The highest BCUT2D eigenvalue weighted by Crippen LogP contribution is 2.24. The van der Waals surface area contributed by atoms with Gasteiger partial charge in [0.15, 0.2) is 6.61 Å². The molecule has 1 amide bonds. The average Bonchev–Trinajstić information content (AvgIpc) is 2.52. The van der Waals surface area contributed by atoms with E-state index in [4.69, 9.17) is 9.84 Å². The van der Waals surface area contributed by atoms with E-state index in [1.165, 1.54) is 0 Å². The zero-order valence-corrected chi connectivity index (χ0v) is 12.5. The molecule has 2 rings (SSSR count). The molecule has 0 bridgehead atoms. The van der Waals surface area contributed by atoms with Crippen molar-refractivity contribution in [2.45, 2.75) is 19.8 Å². The van der Waals surface area contributed by atoms with Crippen LogP contribution in [0.3, 0.4) is 0 Å². The quantitative estimate of drug-likeness (QED) is 0.823. The van der Waals surface area contributed by atoms with Gasteiger partial charge in [0.05, 0.1) is 0 Å². The van der Waals surface area contributed by atoms with Crippen LogP contribution in [0.5, 0.6) is 5.75 Å². The number of carbonyl (C=O) groups excluding carboxylic acids is 1. The third-order valence-electron chi connectivity index (χ3n) is 3.34. The zero-order valence-electron chi connectivity index (χ0n) is 12.5. The number of amides is 1. The Kier molecular flexibility index (Phi) is 5.36. The fourth-order valence-electron chi connectivity index (χ4n) is 2.23. The van der Waals surface area contributed by atoms with E-state index in [2.05, 4.69) is 5.32 Å². The third-order valence-corrected chi connectivity index (χ3v) is 3.34. The van der Waals surface area contributed by atoms with E-state index in [-0.39, 0.29) is 12.5 Å². The van der Waals surface area contributed by atoms with Crippen LogP contribution in [0, 0.1) is 0 Å². The fourth-order valence-corrected chi connectivity index (χ4v) is 2.23. The summed E-state index contributed by atoms with van der Waals surface area (Å²) in [6, 6.07) is 11.5. The molecule has 0 aliphatic rings. The second-order valence-electron chi connectivity index (χ2n) is 4.94. The lowest BCUT2D eigenvalue weighted by Crippen LogP contribution is -2.24. The molecule has 0 aliphatic carbocycles. The molecule has 2 aromatic carbocycles. The number of carbonyl (C=O) groups is 2. The monoisotopic (exact) mass is 301 g/mol. The highest BCUT2D eigenvalue weighted by atomic mass is 16.5. The zero-order chi connectivity index (χ0) is 15.9. The van der Waals surface area contributed by atoms with E-state index in [0.717, 1.165) is 16.3 Å². The van der Waals surface area contributed by atoms with Gasteiger partial charge in [-0.25, -0.2) is 4.79 Å². The SMILES string of the molecule is CCC(=O)NCCc1cccc2ccc(OCC(=O)O)cc12. The Morgan fingerprint density at radius 1 is 1.23 bits per heavy atom. The van der Waals surface area contributed by atoms with Crippen molar-refractivity contribution in [1.29, 1.82) is 0 Å². The van der Waals surface area contributed by atoms with Crippen LogP contribution in [-0.2, 0) is 16.0 Å². The third kappa shape index (κ3) is 4.22. The van der Waals surface area contributed by atoms with Crippen LogP contribution >= 0.6 is 0 Å². The van der Waals surface area contributed by atoms with Crippen LogP contribution < -0.4 is 10.1 Å². The summed E-state index contributed by atoms with van der Waals surface area (Å²) in [6.07, 6.45) is 1.19. The highest BCUT2D eigenvalue weighted by Gasteiger charge is 2.05. The minimum atomic E-state index is -1.00. The van der Waals surface area contributed by atoms with Crippen molar-refractivity contribution in [3.63, 3.8) is 0 Å². The predicted octanol–water partition coefficient (Wildman–Crippen LogP) is 2.37. The molecule has 0 atom stereocenters. The molecule has 0 saturated heterocycles. The first-order valence-corrected chi connectivity index (χ1v) is 7.23. The van der Waals surface area contributed by atoms with Gasteiger partial charge in [-0.05, 0) is 34.9 Å². The standard InChI is InChI=1S/C17H19NO4/c1-2-16(19)18-9-8-13-5-3-4-12-6-7-14(10-15(12)13)22-11-17(20)21/h3-7,10H,2,8-9,11H2,1H3,(H,18,19)(H,20,21). The van der Waals surface area contributed by atoms with Gasteiger partial charge in [0.2, 0.25) is 5.91 Å². The Balaban J connectivity index is 2.16. The lowest BCUT2D eigenvalue weighted by molar-refractivity contribution is -0.139. The highest BCUT2D eigenvalue weighted by molar-refractivity contribution is 5.87. The van der Waals surface area contributed by atoms with Gasteiger partial charge in [-0.3, -0.25) is 4.79 Å². The summed E-state index contributed by atoms with van der Waals surface area (Å²) in [4.78, 5) is 21.9. The minimum absolute atomic E-state index is 0.0331. The molecule has 0 unspecified atom stereocenters. The molecule has 2 N–H and O–H groups in total. The van der Waals surface area contributed by atoms with Gasteiger partial charge in [-0.1, -0.05) is 31.2 Å². The predicted molar refractivity (Wildman–Crippen MR) is 84.1 cm³/mol. The number of carboxylic acids is 1. The molecule has 2 aromatic rings. The van der Waals surface area contributed by atoms with E-state index in [1.807, 2.05) is 37.3 Å². The van der Waals surface area contributed by atoms with Crippen molar-refractivity contribution in [1.82, 2.24) is 5.32 Å². The van der Waals surface area contributed by atoms with E-state index in [0.29, 0.717) is 25.1 Å². The van der Waals surface area contributed by atoms with E-state index < -0.39 is 5.97 Å². The van der Waals surface area contributed by atoms with Crippen molar-refractivity contribution >= 4 is 22.6 Å². The molecule has 0 heterocycles. The summed E-state index contributed by atoms with van der Waals surface area (Å²) >= 11 is 0. The summed E-state index contributed by atoms with van der Waals surface area (Å²) in [5, 5.41) is 13.6. The largest absolute Gasteiger partial charge is 0.482 e. The molecule has 5 heteroatoms. The number of benzene rings is 2. The van der Waals surface area contributed by atoms with Crippen LogP contribution in [0.25, 0.3) is 10.8 Å². The van der Waals surface area contributed by atoms with Crippen molar-refractivity contribution < 1.29 is 19.4 Å². The lowest BCUT2D eigenvalue weighted by Gasteiger charge is -2.10. The Bertz CT molecular complexity index is 681. The second-order valence-corrected chi connectivity index (χ2v) is 4.94. The minimum Gasteiger partial charge on any atom is -0.482 e. The maximum atomic E-state index is 11.3. The number of ether oxygens (including phenoxy) is 1. The molecule has 5 nitrogen and oxygen atoms in total. The molecule has 0 radical (unpaired) electrons. The number of hydrogen-bond donors (Lipinski definition) is 2. The van der Waals surface area contributed by atoms with Gasteiger partial charge < -0.3 is 15.2 Å². The van der Waals surface area contributed by atoms with Crippen LogP contribution in [0.4, 0.5) is 0 Å². The molecule has 0 aliphatic heterocycles. The molecule has 22 heavy (non-hydrogen) atoms. The molecule has 0 spiro atoms. The van der Waals surface area contributed by atoms with Crippen molar-refractivity contribution in [3.8, 4) is 5.75 Å². The number of fused-ring (bicyclic) bond motifs is 1. The number of aliphatic carboxylic acids is 1. The molecule has 0 saturated carbocycles. The summed E-state index contributed by atoms with van der Waals surface area (Å²) in [6.45, 7) is 2.03. The maximum absolute atomic E-state index is 11.3. The summed E-state index contributed by atoms with van der Waals surface area (Å²) < 4.78 is 5.22. The van der Waals surface area contributed by atoms with E-state index >= 15 is 0 Å². The molecule has 116 valence electrons. The molecular formula is C17H19NO4. The number of rotatable bonds is 7. The molecule has 0 fully saturated rings.